The molecule has 0 saturated carbocycles. The van der Waals surface area contributed by atoms with E-state index in [0.717, 1.165) is 0 Å². The number of alkyl halides is 3. The van der Waals surface area contributed by atoms with Gasteiger partial charge in [0, 0.05) is 12.8 Å². The summed E-state index contributed by atoms with van der Waals surface area (Å²) in [6, 6.07) is 0. The van der Waals surface area contributed by atoms with Gasteiger partial charge in [0.1, 0.15) is 0 Å². The Morgan fingerprint density at radius 3 is 1.43 bits per heavy atom. The normalized spacial score (nSPS) is 16.6. The minimum Gasteiger partial charge on any atom is -0.741 e. The Morgan fingerprint density at radius 2 is 1.07 bits per heavy atom. The molecule has 1 fully saturated rings. The predicted octanol–water partition coefficient (Wildman–Crippen LogP) is 5.98. The van der Waals surface area contributed by atoms with Gasteiger partial charge in [0.05, 0.1) is 26.2 Å². The molecule has 0 bridgehead atoms. The van der Waals surface area contributed by atoms with Crippen molar-refractivity contribution in [2.45, 2.75) is 103 Å². The number of unbranched alkanes of at least 4 members (excludes halogenated alkanes) is 9. The third-order valence-electron chi connectivity index (χ3n) is 5.52. The predicted molar refractivity (Wildman–Crippen MR) is 107 cm³/mol. The Hall–Kier alpha value is -0.340. The maximum absolute atomic E-state index is 10.7. The average Bonchev–Trinajstić information content (AvgIpc) is 3.06. The van der Waals surface area contributed by atoms with Gasteiger partial charge in [-0.1, -0.05) is 58.8 Å². The smallest absolute Gasteiger partial charge is 0.485 e. The minimum atomic E-state index is -6.09. The highest BCUT2D eigenvalue weighted by Gasteiger charge is 2.37. The number of halogens is 3. The first-order valence-electron chi connectivity index (χ1n) is 11.0. The van der Waals surface area contributed by atoms with Crippen molar-refractivity contribution in [3.8, 4) is 0 Å². The van der Waals surface area contributed by atoms with Crippen LogP contribution in [0.4, 0.5) is 13.2 Å². The fourth-order valence-electron chi connectivity index (χ4n) is 3.84. The van der Waals surface area contributed by atoms with Crippen molar-refractivity contribution in [3.63, 3.8) is 0 Å². The van der Waals surface area contributed by atoms with Crippen molar-refractivity contribution in [2.24, 2.45) is 0 Å². The summed E-state index contributed by atoms with van der Waals surface area (Å²) in [5.74, 6) is 0. The zero-order valence-electron chi connectivity index (χ0n) is 17.7. The maximum atomic E-state index is 10.7. The molecule has 170 valence electrons. The van der Waals surface area contributed by atoms with Crippen LogP contribution in [0.5, 0.6) is 0 Å². The largest absolute Gasteiger partial charge is 0.741 e. The zero-order chi connectivity index (χ0) is 21.5. The molecular formula is C20H40F3NO3S. The molecule has 4 nitrogen and oxygen atoms in total. The Kier molecular flexibility index (Phi) is 14.4. The SMILES string of the molecule is CCCCCCCCC[N+]1(CCCCCC)CCCC1.O=S(=O)([O-])C(F)(F)F. The number of hydrogen-bond donors (Lipinski definition) is 0. The molecule has 0 spiro atoms. The summed E-state index contributed by atoms with van der Waals surface area (Å²) in [6.45, 7) is 10.6. The van der Waals surface area contributed by atoms with E-state index in [1.807, 2.05) is 0 Å². The van der Waals surface area contributed by atoms with Crippen molar-refractivity contribution >= 4 is 10.1 Å². The van der Waals surface area contributed by atoms with Crippen molar-refractivity contribution in [1.29, 1.82) is 0 Å². The van der Waals surface area contributed by atoms with Gasteiger partial charge in [0.25, 0.3) is 0 Å². The number of quaternary nitrogens is 1. The number of rotatable bonds is 13. The van der Waals surface area contributed by atoms with E-state index in [0.29, 0.717) is 0 Å². The third-order valence-corrected chi connectivity index (χ3v) is 6.09. The first kappa shape index (κ1) is 27.7. The molecule has 8 heteroatoms. The van der Waals surface area contributed by atoms with Crippen LogP contribution in [0, 0.1) is 0 Å². The molecule has 1 aliphatic rings. The summed E-state index contributed by atoms with van der Waals surface area (Å²) in [6.07, 6.45) is 18.9. The van der Waals surface area contributed by atoms with Crippen molar-refractivity contribution in [3.05, 3.63) is 0 Å². The summed E-state index contributed by atoms with van der Waals surface area (Å²) >= 11 is 0. The molecule has 1 saturated heterocycles. The topological polar surface area (TPSA) is 57.2 Å². The average molecular weight is 432 g/mol. The Morgan fingerprint density at radius 1 is 0.750 bits per heavy atom. The Labute approximate surface area is 170 Å². The second-order valence-electron chi connectivity index (χ2n) is 8.03. The van der Waals surface area contributed by atoms with Gasteiger partial charge in [-0.25, -0.2) is 8.42 Å². The third kappa shape index (κ3) is 13.0. The van der Waals surface area contributed by atoms with Crippen LogP contribution in [0.25, 0.3) is 0 Å². The standard InChI is InChI=1S/C19H40N.CHF3O3S/c1-3-5-7-9-10-11-13-17-20(18-14-15-19-20)16-12-8-6-4-2;2-1(3,4)8(5,6)7/h3-19H2,1-2H3;(H,5,6,7)/q+1;/p-1. The summed E-state index contributed by atoms with van der Waals surface area (Å²) in [5.41, 5.74) is -5.65. The summed E-state index contributed by atoms with van der Waals surface area (Å²) in [5, 5.41) is 0. The van der Waals surface area contributed by atoms with E-state index in [1.54, 1.807) is 0 Å². The van der Waals surface area contributed by atoms with Gasteiger partial charge in [0.15, 0.2) is 10.1 Å². The zero-order valence-corrected chi connectivity index (χ0v) is 18.6. The van der Waals surface area contributed by atoms with Gasteiger partial charge in [-0.05, 0) is 25.7 Å². The molecule has 0 aromatic carbocycles. The van der Waals surface area contributed by atoms with Crippen LogP contribution in [0.1, 0.15) is 97.3 Å². The van der Waals surface area contributed by atoms with Crippen LogP contribution < -0.4 is 0 Å². The van der Waals surface area contributed by atoms with Gasteiger partial charge in [-0.2, -0.15) is 13.2 Å². The molecule has 1 aliphatic heterocycles. The highest BCUT2D eigenvalue weighted by Crippen LogP contribution is 2.23. The van der Waals surface area contributed by atoms with Crippen LogP contribution in [-0.4, -0.2) is 49.1 Å². The minimum absolute atomic E-state index is 1.37. The van der Waals surface area contributed by atoms with Crippen LogP contribution >= 0.6 is 0 Å². The molecule has 1 rings (SSSR count). The molecule has 0 N–H and O–H groups in total. The first-order chi connectivity index (χ1) is 13.1. The molecule has 0 unspecified atom stereocenters. The molecule has 0 atom stereocenters. The number of hydrogen-bond acceptors (Lipinski definition) is 3. The molecule has 28 heavy (non-hydrogen) atoms. The first-order valence-corrected chi connectivity index (χ1v) is 12.4. The van der Waals surface area contributed by atoms with Gasteiger partial charge in [-0.15, -0.1) is 0 Å². The lowest BCUT2D eigenvalue weighted by atomic mass is 10.1. The van der Waals surface area contributed by atoms with Crippen LogP contribution in [0.15, 0.2) is 0 Å². The van der Waals surface area contributed by atoms with Crippen molar-refractivity contribution in [1.82, 2.24) is 0 Å². The van der Waals surface area contributed by atoms with Gasteiger partial charge in [-0.3, -0.25) is 0 Å². The molecule has 0 aromatic heterocycles. The summed E-state index contributed by atoms with van der Waals surface area (Å²) in [4.78, 5) is 0. The lowest BCUT2D eigenvalue weighted by Gasteiger charge is -2.34. The van der Waals surface area contributed by atoms with Crippen molar-refractivity contribution in [2.75, 3.05) is 26.2 Å². The highest BCUT2D eigenvalue weighted by atomic mass is 32.2. The van der Waals surface area contributed by atoms with Gasteiger partial charge >= 0.3 is 5.51 Å². The van der Waals surface area contributed by atoms with Crippen LogP contribution in [0.3, 0.4) is 0 Å². The molecule has 0 aliphatic carbocycles. The van der Waals surface area contributed by atoms with E-state index >= 15 is 0 Å². The lowest BCUT2D eigenvalue weighted by Crippen LogP contribution is -2.46. The van der Waals surface area contributed by atoms with Gasteiger partial charge < -0.3 is 9.04 Å². The molecule has 0 radical (unpaired) electrons. The quantitative estimate of drug-likeness (QED) is 0.156. The van der Waals surface area contributed by atoms with E-state index in [4.69, 9.17) is 13.0 Å². The second-order valence-corrected chi connectivity index (χ2v) is 9.40. The van der Waals surface area contributed by atoms with E-state index in [1.165, 1.54) is 114 Å². The van der Waals surface area contributed by atoms with E-state index < -0.39 is 15.6 Å². The lowest BCUT2D eigenvalue weighted by molar-refractivity contribution is -0.917. The van der Waals surface area contributed by atoms with Crippen LogP contribution in [-0.2, 0) is 10.1 Å². The molecule has 0 amide bonds. The van der Waals surface area contributed by atoms with Crippen LogP contribution in [0.2, 0.25) is 0 Å². The molecule has 1 heterocycles. The second kappa shape index (κ2) is 14.6. The monoisotopic (exact) mass is 431 g/mol. The van der Waals surface area contributed by atoms with Gasteiger partial charge in [0.2, 0.25) is 0 Å². The van der Waals surface area contributed by atoms with Crippen molar-refractivity contribution < 1.29 is 30.6 Å². The molecule has 0 aromatic rings. The maximum Gasteiger partial charge on any atom is 0.485 e. The Balaban J connectivity index is 0.000000769. The molecular weight excluding hydrogens is 391 g/mol. The van der Waals surface area contributed by atoms with E-state index in [-0.39, 0.29) is 0 Å². The van der Waals surface area contributed by atoms with E-state index in [9.17, 15) is 13.2 Å². The fourth-order valence-corrected chi connectivity index (χ4v) is 3.84. The Bertz CT molecular complexity index is 476. The highest BCUT2D eigenvalue weighted by molar-refractivity contribution is 7.86. The van der Waals surface area contributed by atoms with E-state index in [2.05, 4.69) is 13.8 Å². The number of nitrogens with zero attached hydrogens (tertiary/aromatic N) is 1. The fraction of sp³-hybridized carbons (Fsp3) is 1.00. The summed E-state index contributed by atoms with van der Waals surface area (Å²) < 4.78 is 60.4. The number of likely N-dealkylation sites (tertiary alicyclic amines) is 1. The summed E-state index contributed by atoms with van der Waals surface area (Å²) in [7, 11) is -6.09.